The Hall–Kier alpha value is -5.33. The van der Waals surface area contributed by atoms with Gasteiger partial charge < -0.3 is 57.2 Å². The van der Waals surface area contributed by atoms with Crippen LogP contribution in [0.3, 0.4) is 0 Å². The Labute approximate surface area is 514 Å². The number of esters is 4. The molecule has 3 fully saturated rings. The Morgan fingerprint density at radius 3 is 1.70 bits per heavy atom. The molecule has 2 saturated carbocycles. The molecule has 2 bridgehead atoms. The second-order valence-corrected chi connectivity index (χ2v) is 28.3. The number of ether oxygens (including phenoxy) is 11. The third-order valence-corrected chi connectivity index (χ3v) is 15.4. The minimum absolute atomic E-state index is 0.000971. The predicted molar refractivity (Wildman–Crippen MR) is 299 cm³/mol. The van der Waals surface area contributed by atoms with E-state index in [9.17, 15) is 38.7 Å². The van der Waals surface area contributed by atoms with Crippen molar-refractivity contribution >= 4 is 124 Å². The van der Waals surface area contributed by atoms with Crippen LogP contribution in [0.2, 0.25) is 0 Å². The number of rotatable bonds is 13. The molecule has 2 aromatic carbocycles. The first-order valence-electron chi connectivity index (χ1n) is 26.1. The zero-order valence-corrected chi connectivity index (χ0v) is 52.3. The van der Waals surface area contributed by atoms with E-state index in [1.165, 1.54) is 118 Å². The number of halogens is 6. The molecular weight excluding hydrogens is 1240 g/mol. The van der Waals surface area contributed by atoms with Crippen molar-refractivity contribution < 1.29 is 100 Å². The molecule has 2 aromatic rings. The van der Waals surface area contributed by atoms with Crippen molar-refractivity contribution in [1.29, 1.82) is 0 Å². The van der Waals surface area contributed by atoms with Crippen molar-refractivity contribution in [2.45, 2.75) is 169 Å². The number of carbonyl (C=O) groups excluding carboxylic acids is 9. The Kier molecular flexibility index (Phi) is 20.3. The van der Waals surface area contributed by atoms with Gasteiger partial charge in [0.05, 0.1) is 23.5 Å². The van der Waals surface area contributed by atoms with Crippen molar-refractivity contribution in [3.8, 4) is 0 Å². The molecule has 28 heteroatoms. The second-order valence-electron chi connectivity index (χ2n) is 23.3. The number of hydrogen-bond donors (Lipinski definition) is 1. The van der Waals surface area contributed by atoms with E-state index >= 15 is 9.59 Å². The zero-order valence-electron chi connectivity index (χ0n) is 47.8. The first-order chi connectivity index (χ1) is 38.6. The number of Topliss-reactive ketones (excluding diaryl/α,β-unsaturated/α-hetero) is 1. The molecule has 22 nitrogen and oxygen atoms in total. The highest BCUT2D eigenvalue weighted by molar-refractivity contribution is 6.68. The van der Waals surface area contributed by atoms with E-state index in [1.54, 1.807) is 12.1 Å². The SMILES string of the molecule is CC(=O)O[C@@H](C(=O)O[C@H]1C[C@@]2(O)C(OC(=O)c3ccccc3)C3[C@](C)(C(=O)[C@H](OC(=O)OCC(Cl)(Cl)Cl)C(=C1C)C2(C)C)[C@@H](OC(=O)OCC(Cl)(Cl)Cl)C[C@H]1OC[C@@]31OC(C)=O)C(c1ccccc1)N(C(=O)OC(C)(C)C)C(=O)OC(C)(C)C. The van der Waals surface area contributed by atoms with Gasteiger partial charge in [-0.2, -0.15) is 0 Å². The molecule has 84 heavy (non-hydrogen) atoms. The van der Waals surface area contributed by atoms with Crippen LogP contribution >= 0.6 is 69.6 Å². The Morgan fingerprint density at radius 2 is 1.24 bits per heavy atom. The number of ketones is 1. The third kappa shape index (κ3) is 14.9. The maximum absolute atomic E-state index is 16.5. The number of hydrogen-bond acceptors (Lipinski definition) is 21. The fraction of sp³-hybridized carbons (Fsp3) is 0.589. The number of aliphatic hydroxyl groups is 1. The van der Waals surface area contributed by atoms with Gasteiger partial charge in [0.15, 0.2) is 17.5 Å². The van der Waals surface area contributed by atoms with Gasteiger partial charge in [0.2, 0.25) is 13.7 Å². The lowest BCUT2D eigenvalue weighted by Gasteiger charge is -2.67. The molecule has 1 heterocycles. The molecule has 0 radical (unpaired) electrons. The molecule has 462 valence electrons. The van der Waals surface area contributed by atoms with Crippen molar-refractivity contribution in [3.05, 3.63) is 82.9 Å². The number of alkyl halides is 6. The summed E-state index contributed by atoms with van der Waals surface area (Å²) in [5.74, 6) is -7.88. The minimum atomic E-state index is -2.78. The Morgan fingerprint density at radius 1 is 0.726 bits per heavy atom. The number of amides is 2. The molecule has 1 N–H and O–H groups in total. The lowest BCUT2D eigenvalue weighted by molar-refractivity contribution is -0.346. The van der Waals surface area contributed by atoms with Crippen LogP contribution < -0.4 is 0 Å². The number of imide groups is 1. The molecule has 11 atom stereocenters. The summed E-state index contributed by atoms with van der Waals surface area (Å²) in [5, 5.41) is 14.3. The number of fused-ring (bicyclic) bond motifs is 5. The summed E-state index contributed by atoms with van der Waals surface area (Å²) >= 11 is 35.6. The van der Waals surface area contributed by atoms with E-state index in [-0.39, 0.29) is 22.3 Å². The predicted octanol–water partition coefficient (Wildman–Crippen LogP) is 10.5. The monoisotopic (exact) mass is 1300 g/mol. The smallest absolute Gasteiger partial charge is 0.455 e. The lowest BCUT2D eigenvalue weighted by atomic mass is 9.44. The summed E-state index contributed by atoms with van der Waals surface area (Å²) in [6.45, 7) is 13.9. The Bertz CT molecular complexity index is 2870. The highest BCUT2D eigenvalue weighted by Crippen LogP contribution is 2.65. The van der Waals surface area contributed by atoms with Crippen LogP contribution in [0.15, 0.2) is 71.8 Å². The highest BCUT2D eigenvalue weighted by atomic mass is 35.6. The summed E-state index contributed by atoms with van der Waals surface area (Å²) in [6, 6.07) is 12.8. The lowest BCUT2D eigenvalue weighted by Crippen LogP contribution is -2.82. The van der Waals surface area contributed by atoms with E-state index in [0.717, 1.165) is 13.8 Å². The highest BCUT2D eigenvalue weighted by Gasteiger charge is 2.79. The summed E-state index contributed by atoms with van der Waals surface area (Å²) in [5.41, 5.74) is -12.6. The first kappa shape index (κ1) is 67.8. The topological polar surface area (TPSA) is 279 Å². The summed E-state index contributed by atoms with van der Waals surface area (Å²) in [7, 11) is 0. The molecule has 6 rings (SSSR count). The van der Waals surface area contributed by atoms with Crippen LogP contribution in [0.1, 0.15) is 118 Å². The van der Waals surface area contributed by atoms with E-state index in [4.69, 9.17) is 122 Å². The molecule has 1 aliphatic heterocycles. The average Bonchev–Trinajstić information content (AvgIpc) is 0.676. The van der Waals surface area contributed by atoms with Gasteiger partial charge in [-0.25, -0.2) is 33.7 Å². The fourth-order valence-electron chi connectivity index (χ4n) is 11.2. The summed E-state index contributed by atoms with van der Waals surface area (Å²) in [4.78, 5) is 131. The van der Waals surface area contributed by atoms with E-state index in [1.807, 2.05) is 0 Å². The quantitative estimate of drug-likeness (QED) is 0.0844. The van der Waals surface area contributed by atoms with Crippen molar-refractivity contribution in [2.24, 2.45) is 16.7 Å². The number of benzene rings is 2. The van der Waals surface area contributed by atoms with Crippen molar-refractivity contribution in [2.75, 3.05) is 19.8 Å². The maximum atomic E-state index is 16.5. The maximum Gasteiger partial charge on any atom is 0.509 e. The van der Waals surface area contributed by atoms with Gasteiger partial charge in [-0.05, 0) is 84.2 Å². The first-order valence-corrected chi connectivity index (χ1v) is 28.4. The van der Waals surface area contributed by atoms with Gasteiger partial charge in [-0.1, -0.05) is 132 Å². The number of nitrogens with zero attached hydrogens (tertiary/aromatic N) is 1. The summed E-state index contributed by atoms with van der Waals surface area (Å²) < 4.78 is 60.1. The third-order valence-electron chi connectivity index (χ3n) is 14.7. The molecule has 3 aliphatic carbocycles. The van der Waals surface area contributed by atoms with Gasteiger partial charge in [0.1, 0.15) is 60.5 Å². The standard InChI is InChI=1S/C56H65Cl6NO21/c1-28-33(78-44(68)39(77-29(2)64)37(31-19-15-13-16-20-31)63(45(69)83-49(4,5)6)46(70)84-50(7,8)9)24-54(73)42(81-43(67)32-21-17-14-18-22-32)40-52(12,41(66)38(36(28)51(54,10)11)80-48(72)76-27-56(60,61)62)34(79-47(71)75-26-55(57,58)59)23-35-53(40,25-74-35)82-30(3)65/h13-22,33-35,37-40,42,73H,23-27H2,1-12H3/t33-,34-,35+,37?,38+,39+,40?,42?,52+,53-,54+/m0/s1. The van der Waals surface area contributed by atoms with E-state index in [2.05, 4.69) is 0 Å². The minimum Gasteiger partial charge on any atom is -0.455 e. The largest absolute Gasteiger partial charge is 0.509 e. The van der Waals surface area contributed by atoms with E-state index in [0.29, 0.717) is 4.90 Å². The molecule has 3 unspecified atom stereocenters. The molecule has 0 aromatic heterocycles. The molecule has 0 spiro atoms. The summed E-state index contributed by atoms with van der Waals surface area (Å²) in [6.07, 6.45) is -19.2. The fourth-order valence-corrected chi connectivity index (χ4v) is 11.6. The second kappa shape index (κ2) is 25.2. The van der Waals surface area contributed by atoms with Crippen LogP contribution in [0.4, 0.5) is 19.2 Å². The van der Waals surface area contributed by atoms with Gasteiger partial charge in [-0.15, -0.1) is 0 Å². The molecule has 2 amide bonds. The van der Waals surface area contributed by atoms with Crippen LogP contribution in [0.25, 0.3) is 0 Å². The van der Waals surface area contributed by atoms with Crippen LogP contribution in [0.5, 0.6) is 0 Å². The number of carbonyl (C=O) groups is 9. The van der Waals surface area contributed by atoms with Crippen molar-refractivity contribution in [3.63, 3.8) is 0 Å². The van der Waals surface area contributed by atoms with Gasteiger partial charge in [0.25, 0.3) is 0 Å². The van der Waals surface area contributed by atoms with Crippen LogP contribution in [0, 0.1) is 16.7 Å². The van der Waals surface area contributed by atoms with Gasteiger partial charge in [0, 0.05) is 32.1 Å². The van der Waals surface area contributed by atoms with Crippen LogP contribution in [-0.4, -0.2) is 151 Å². The van der Waals surface area contributed by atoms with Gasteiger partial charge >= 0.3 is 48.4 Å². The Balaban J connectivity index is 1.68. The van der Waals surface area contributed by atoms with Crippen molar-refractivity contribution in [1.82, 2.24) is 4.90 Å². The normalized spacial score (nSPS) is 27.2. The zero-order chi connectivity index (χ0) is 63.1. The molecule has 4 aliphatic rings. The average molecular weight is 1300 g/mol. The van der Waals surface area contributed by atoms with E-state index < -0.39 is 176 Å². The van der Waals surface area contributed by atoms with Gasteiger partial charge in [-0.3, -0.25) is 14.4 Å². The molecular formula is C56H65Cl6NO21. The molecule has 1 saturated heterocycles. The van der Waals surface area contributed by atoms with Crippen LogP contribution in [-0.2, 0) is 71.3 Å².